The molecule has 6 nitrogen and oxygen atoms in total. The van der Waals surface area contributed by atoms with E-state index in [1.165, 1.54) is 0 Å². The van der Waals surface area contributed by atoms with Gasteiger partial charge in [0, 0.05) is 28.2 Å². The molecular weight excluding hydrogens is 464 g/mol. The molecule has 1 fully saturated rings. The molecule has 7 heteroatoms. The van der Waals surface area contributed by atoms with Crippen LogP contribution in [0.1, 0.15) is 42.9 Å². The first kappa shape index (κ1) is 25.0. The van der Waals surface area contributed by atoms with E-state index >= 15 is 0 Å². The molecule has 1 aliphatic rings. The Balaban J connectivity index is 1.50. The third-order valence-electron chi connectivity index (χ3n) is 6.65. The van der Waals surface area contributed by atoms with Gasteiger partial charge in [-0.1, -0.05) is 23.4 Å². The Labute approximate surface area is 210 Å². The lowest BCUT2D eigenvalue weighted by Gasteiger charge is -2.39. The van der Waals surface area contributed by atoms with Gasteiger partial charge in [0.1, 0.15) is 5.75 Å². The van der Waals surface area contributed by atoms with Gasteiger partial charge in [-0.05, 0) is 86.3 Å². The first-order valence-electron chi connectivity index (χ1n) is 11.8. The third-order valence-corrected chi connectivity index (χ3v) is 6.90. The van der Waals surface area contributed by atoms with Crippen molar-refractivity contribution in [2.24, 2.45) is 5.92 Å². The van der Waals surface area contributed by atoms with E-state index in [1.807, 2.05) is 36.4 Å². The minimum atomic E-state index is -0.793. The second kappa shape index (κ2) is 11.5. The van der Waals surface area contributed by atoms with E-state index in [1.54, 1.807) is 25.4 Å². The summed E-state index contributed by atoms with van der Waals surface area (Å²) in [6, 6.07) is 14.5. The zero-order chi connectivity index (χ0) is 24.8. The summed E-state index contributed by atoms with van der Waals surface area (Å²) in [4.78, 5) is 18.6. The van der Waals surface area contributed by atoms with Crippen molar-refractivity contribution < 1.29 is 19.7 Å². The van der Waals surface area contributed by atoms with Gasteiger partial charge in [0.25, 0.3) is 0 Å². The number of carboxylic acids is 1. The standard InChI is InChI=1S/C28H29ClN2O4/c1-35-21-10-11-25-24(18-21)22(14-15-30-25)27(32)13-12-26-23(28(33)34)5-3-17-31(26)16-2-4-19-6-8-20(29)9-7-19/h6-11,14-15,18,23,26-27,32H,3,5,12-13,16-17H2,1H3,(H,33,34). The Morgan fingerprint density at radius 2 is 2.06 bits per heavy atom. The molecule has 2 aromatic carbocycles. The van der Waals surface area contributed by atoms with Crippen molar-refractivity contribution in [2.45, 2.75) is 37.8 Å². The van der Waals surface area contributed by atoms with Crippen LogP contribution in [0.2, 0.25) is 5.02 Å². The van der Waals surface area contributed by atoms with Gasteiger partial charge in [-0.3, -0.25) is 14.7 Å². The number of aliphatic hydroxyl groups is 1. The average Bonchev–Trinajstić information content (AvgIpc) is 2.87. The van der Waals surface area contributed by atoms with Crippen molar-refractivity contribution in [3.05, 3.63) is 70.9 Å². The number of carbonyl (C=O) groups is 1. The Bertz CT molecular complexity index is 1240. The summed E-state index contributed by atoms with van der Waals surface area (Å²) in [7, 11) is 1.60. The summed E-state index contributed by atoms with van der Waals surface area (Å²) in [6.07, 6.45) is 3.37. The fourth-order valence-corrected chi connectivity index (χ4v) is 4.95. The molecule has 0 amide bonds. The van der Waals surface area contributed by atoms with E-state index in [4.69, 9.17) is 16.3 Å². The summed E-state index contributed by atoms with van der Waals surface area (Å²) in [6.45, 7) is 1.26. The number of hydrogen-bond donors (Lipinski definition) is 2. The zero-order valence-electron chi connectivity index (χ0n) is 19.7. The molecule has 0 radical (unpaired) electrons. The molecule has 3 atom stereocenters. The quantitative estimate of drug-likeness (QED) is 0.455. The fraction of sp³-hybridized carbons (Fsp3) is 0.357. The van der Waals surface area contributed by atoms with E-state index in [0.29, 0.717) is 36.6 Å². The highest BCUT2D eigenvalue weighted by Gasteiger charge is 2.35. The minimum Gasteiger partial charge on any atom is -0.497 e. The molecule has 182 valence electrons. The number of fused-ring (bicyclic) bond motifs is 1. The molecule has 3 unspecified atom stereocenters. The molecule has 1 aliphatic heterocycles. The maximum absolute atomic E-state index is 12.0. The van der Waals surface area contributed by atoms with Crippen LogP contribution < -0.4 is 4.74 Å². The lowest BCUT2D eigenvalue weighted by atomic mass is 9.85. The van der Waals surface area contributed by atoms with Gasteiger partial charge in [0.05, 0.1) is 31.2 Å². The van der Waals surface area contributed by atoms with Crippen molar-refractivity contribution in [3.8, 4) is 17.6 Å². The van der Waals surface area contributed by atoms with Crippen LogP contribution in [0.4, 0.5) is 0 Å². The molecule has 2 heterocycles. The summed E-state index contributed by atoms with van der Waals surface area (Å²) in [5.74, 6) is 5.75. The normalized spacial score (nSPS) is 19.1. The number of methoxy groups -OCH3 is 1. The zero-order valence-corrected chi connectivity index (χ0v) is 20.4. The van der Waals surface area contributed by atoms with Gasteiger partial charge in [0.15, 0.2) is 0 Å². The molecular formula is C28H29ClN2O4. The predicted molar refractivity (Wildman–Crippen MR) is 137 cm³/mol. The number of likely N-dealkylation sites (tertiary alicyclic amines) is 1. The average molecular weight is 493 g/mol. The molecule has 1 aromatic heterocycles. The molecule has 1 saturated heterocycles. The molecule has 0 bridgehead atoms. The maximum atomic E-state index is 12.0. The fourth-order valence-electron chi connectivity index (χ4n) is 4.82. The van der Waals surface area contributed by atoms with Crippen LogP contribution in [0.5, 0.6) is 5.75 Å². The molecule has 4 rings (SSSR count). The number of nitrogens with zero attached hydrogens (tertiary/aromatic N) is 2. The largest absolute Gasteiger partial charge is 0.497 e. The number of aliphatic hydroxyl groups excluding tert-OH is 1. The molecule has 3 aromatic rings. The topological polar surface area (TPSA) is 82.9 Å². The maximum Gasteiger partial charge on any atom is 0.308 e. The van der Waals surface area contributed by atoms with Gasteiger partial charge >= 0.3 is 5.97 Å². The molecule has 0 aliphatic carbocycles. The van der Waals surface area contributed by atoms with Crippen molar-refractivity contribution >= 4 is 28.5 Å². The van der Waals surface area contributed by atoms with Gasteiger partial charge in [-0.15, -0.1) is 0 Å². The number of carboxylic acid groups (broad SMARTS) is 1. The number of piperidine rings is 1. The van der Waals surface area contributed by atoms with Crippen LogP contribution >= 0.6 is 11.6 Å². The minimum absolute atomic E-state index is 0.196. The van der Waals surface area contributed by atoms with E-state index in [-0.39, 0.29) is 6.04 Å². The van der Waals surface area contributed by atoms with E-state index in [0.717, 1.165) is 35.0 Å². The lowest BCUT2D eigenvalue weighted by Crippen LogP contribution is -2.48. The second-order valence-corrected chi connectivity index (χ2v) is 9.25. The van der Waals surface area contributed by atoms with E-state index in [9.17, 15) is 15.0 Å². The van der Waals surface area contributed by atoms with Gasteiger partial charge in [-0.2, -0.15) is 0 Å². The third kappa shape index (κ3) is 6.12. The highest BCUT2D eigenvalue weighted by molar-refractivity contribution is 6.30. The van der Waals surface area contributed by atoms with Gasteiger partial charge < -0.3 is 14.9 Å². The van der Waals surface area contributed by atoms with Crippen LogP contribution in [-0.4, -0.2) is 52.3 Å². The first-order valence-corrected chi connectivity index (χ1v) is 12.2. The van der Waals surface area contributed by atoms with Crippen LogP contribution in [0, 0.1) is 17.8 Å². The van der Waals surface area contributed by atoms with Crippen molar-refractivity contribution in [3.63, 3.8) is 0 Å². The van der Waals surface area contributed by atoms with Crippen LogP contribution in [-0.2, 0) is 4.79 Å². The summed E-state index contributed by atoms with van der Waals surface area (Å²) >= 11 is 5.94. The van der Waals surface area contributed by atoms with Gasteiger partial charge in [-0.25, -0.2) is 0 Å². The highest BCUT2D eigenvalue weighted by Crippen LogP contribution is 2.32. The van der Waals surface area contributed by atoms with Crippen molar-refractivity contribution in [1.29, 1.82) is 0 Å². The van der Waals surface area contributed by atoms with Crippen LogP contribution in [0.3, 0.4) is 0 Å². The molecule has 35 heavy (non-hydrogen) atoms. The predicted octanol–water partition coefficient (Wildman–Crippen LogP) is 4.93. The van der Waals surface area contributed by atoms with Crippen molar-refractivity contribution in [2.75, 3.05) is 20.2 Å². The number of pyridine rings is 1. The number of benzene rings is 2. The lowest BCUT2D eigenvalue weighted by molar-refractivity contribution is -0.146. The first-order chi connectivity index (χ1) is 17.0. The van der Waals surface area contributed by atoms with E-state index < -0.39 is 18.0 Å². The Hall–Kier alpha value is -3.11. The SMILES string of the molecule is COc1ccc2nccc(C(O)CCC3C(C(=O)O)CCCN3CC#Cc3ccc(Cl)cc3)c2c1. The highest BCUT2D eigenvalue weighted by atomic mass is 35.5. The Morgan fingerprint density at radius 1 is 1.26 bits per heavy atom. The van der Waals surface area contributed by atoms with Crippen LogP contribution in [0.25, 0.3) is 10.9 Å². The number of aliphatic carboxylic acids is 1. The summed E-state index contributed by atoms with van der Waals surface area (Å²) < 4.78 is 5.34. The Kier molecular flexibility index (Phi) is 8.25. The molecule has 2 N–H and O–H groups in total. The van der Waals surface area contributed by atoms with E-state index in [2.05, 4.69) is 21.7 Å². The molecule has 0 saturated carbocycles. The summed E-state index contributed by atoms with van der Waals surface area (Å²) in [5, 5.41) is 22.5. The van der Waals surface area contributed by atoms with Gasteiger partial charge in [0.2, 0.25) is 0 Å². The smallest absolute Gasteiger partial charge is 0.308 e. The monoisotopic (exact) mass is 492 g/mol. The number of halogens is 1. The number of aromatic nitrogens is 1. The van der Waals surface area contributed by atoms with Crippen molar-refractivity contribution in [1.82, 2.24) is 9.88 Å². The summed E-state index contributed by atoms with van der Waals surface area (Å²) in [5.41, 5.74) is 2.42. The van der Waals surface area contributed by atoms with Crippen LogP contribution in [0.15, 0.2) is 54.7 Å². The number of rotatable bonds is 7. The number of hydrogen-bond acceptors (Lipinski definition) is 5. The number of ether oxygens (including phenoxy) is 1. The Morgan fingerprint density at radius 3 is 2.80 bits per heavy atom. The molecule has 0 spiro atoms. The second-order valence-electron chi connectivity index (χ2n) is 8.81.